The van der Waals surface area contributed by atoms with E-state index in [1.165, 1.54) is 88.3 Å². The molecular formula is C28H39FN2O. The second-order valence-corrected chi connectivity index (χ2v) is 10.2. The molecule has 1 aromatic heterocycles. The van der Waals surface area contributed by atoms with Crippen LogP contribution in [0.1, 0.15) is 76.2 Å². The molecule has 3 nitrogen and oxygen atoms in total. The van der Waals surface area contributed by atoms with Crippen LogP contribution in [0.25, 0.3) is 11.4 Å². The monoisotopic (exact) mass is 438 g/mol. The number of hydrogen-bond acceptors (Lipinski definition) is 3. The molecule has 0 atom stereocenters. The van der Waals surface area contributed by atoms with E-state index in [0.717, 1.165) is 42.3 Å². The second-order valence-electron chi connectivity index (χ2n) is 10.2. The first kappa shape index (κ1) is 23.4. The lowest BCUT2D eigenvalue weighted by atomic mass is 9.68. The van der Waals surface area contributed by atoms with Crippen LogP contribution < -0.4 is 0 Å². The third-order valence-corrected chi connectivity index (χ3v) is 8.06. The molecule has 1 aromatic carbocycles. The summed E-state index contributed by atoms with van der Waals surface area (Å²) in [7, 11) is 1.81. The smallest absolute Gasteiger partial charge is 0.159 e. The zero-order valence-electron chi connectivity index (χ0n) is 19.6. The molecule has 0 bridgehead atoms. The van der Waals surface area contributed by atoms with Crippen LogP contribution in [0.2, 0.25) is 0 Å². The van der Waals surface area contributed by atoms with Crippen molar-refractivity contribution >= 4 is 0 Å². The van der Waals surface area contributed by atoms with Crippen LogP contribution >= 0.6 is 0 Å². The molecule has 0 spiro atoms. The summed E-state index contributed by atoms with van der Waals surface area (Å²) in [5.74, 6) is 4.21. The summed E-state index contributed by atoms with van der Waals surface area (Å²) in [5.41, 5.74) is 2.07. The molecule has 2 fully saturated rings. The Kier molecular flexibility index (Phi) is 8.67. The van der Waals surface area contributed by atoms with Crippen molar-refractivity contribution in [2.24, 2.45) is 23.7 Å². The van der Waals surface area contributed by atoms with Crippen LogP contribution in [-0.2, 0) is 11.2 Å². The van der Waals surface area contributed by atoms with E-state index in [4.69, 9.17) is 4.74 Å². The zero-order valence-corrected chi connectivity index (χ0v) is 19.6. The van der Waals surface area contributed by atoms with Gasteiger partial charge in [-0.25, -0.2) is 14.4 Å². The molecule has 174 valence electrons. The number of methoxy groups -OCH3 is 1. The highest BCUT2D eigenvalue weighted by Gasteiger charge is 2.30. The number of aromatic nitrogens is 2. The molecule has 0 unspecified atom stereocenters. The van der Waals surface area contributed by atoms with Gasteiger partial charge in [-0.2, -0.15) is 0 Å². The quantitative estimate of drug-likeness (QED) is 0.387. The maximum atomic E-state index is 13.1. The fraction of sp³-hybridized carbons (Fsp3) is 0.643. The Morgan fingerprint density at radius 3 is 1.94 bits per heavy atom. The number of benzene rings is 1. The Morgan fingerprint density at radius 1 is 0.812 bits per heavy atom. The normalized spacial score (nSPS) is 26.2. The molecule has 0 radical (unpaired) electrons. The molecule has 0 N–H and O–H groups in total. The van der Waals surface area contributed by atoms with Gasteiger partial charge in [0.1, 0.15) is 5.82 Å². The number of nitrogens with zero attached hydrogens (tertiary/aromatic N) is 2. The molecule has 2 aromatic rings. The minimum Gasteiger partial charge on any atom is -0.385 e. The Balaban J connectivity index is 1.15. The number of rotatable bonds is 9. The van der Waals surface area contributed by atoms with E-state index in [-0.39, 0.29) is 5.82 Å². The van der Waals surface area contributed by atoms with Crippen molar-refractivity contribution in [3.8, 4) is 11.4 Å². The highest BCUT2D eigenvalue weighted by atomic mass is 19.1. The van der Waals surface area contributed by atoms with E-state index in [2.05, 4.69) is 9.97 Å². The lowest BCUT2D eigenvalue weighted by Crippen LogP contribution is -2.26. The van der Waals surface area contributed by atoms with Crippen LogP contribution in [-0.4, -0.2) is 23.7 Å². The highest BCUT2D eigenvalue weighted by Crippen LogP contribution is 2.43. The van der Waals surface area contributed by atoms with E-state index in [9.17, 15) is 4.39 Å². The SMILES string of the molecule is COCCC[C@H]1CC[C@H](C2CCC(CCc3cnc(-c4ccc(F)cc4)nc3)CC2)CC1. The molecule has 0 saturated heterocycles. The van der Waals surface area contributed by atoms with Crippen molar-refractivity contribution in [1.29, 1.82) is 0 Å². The predicted octanol–water partition coefficient (Wildman–Crippen LogP) is 7.25. The minimum absolute atomic E-state index is 0.231. The molecule has 2 aliphatic carbocycles. The van der Waals surface area contributed by atoms with Crippen molar-refractivity contribution < 1.29 is 9.13 Å². The zero-order chi connectivity index (χ0) is 22.2. The molecule has 0 amide bonds. The maximum absolute atomic E-state index is 13.1. The van der Waals surface area contributed by atoms with E-state index >= 15 is 0 Å². The molecule has 1 heterocycles. The van der Waals surface area contributed by atoms with Crippen LogP contribution in [0.3, 0.4) is 0 Å². The summed E-state index contributed by atoms with van der Waals surface area (Å²) in [6.07, 6.45) is 20.3. The van der Waals surface area contributed by atoms with Gasteiger partial charge in [-0.3, -0.25) is 0 Å². The summed E-state index contributed by atoms with van der Waals surface area (Å²) in [6, 6.07) is 6.38. The fourth-order valence-corrected chi connectivity index (χ4v) is 6.02. The van der Waals surface area contributed by atoms with Crippen LogP contribution in [0.15, 0.2) is 36.7 Å². The second kappa shape index (κ2) is 11.9. The average Bonchev–Trinajstić information content (AvgIpc) is 2.85. The van der Waals surface area contributed by atoms with Gasteiger partial charge in [0.05, 0.1) is 0 Å². The van der Waals surface area contributed by atoms with Gasteiger partial charge >= 0.3 is 0 Å². The predicted molar refractivity (Wildman–Crippen MR) is 128 cm³/mol. The minimum atomic E-state index is -0.231. The Labute approximate surface area is 193 Å². The van der Waals surface area contributed by atoms with Gasteiger partial charge in [0, 0.05) is 31.7 Å². The lowest BCUT2D eigenvalue weighted by Gasteiger charge is -2.38. The van der Waals surface area contributed by atoms with Crippen molar-refractivity contribution in [1.82, 2.24) is 9.97 Å². The highest BCUT2D eigenvalue weighted by molar-refractivity contribution is 5.54. The van der Waals surface area contributed by atoms with Gasteiger partial charge < -0.3 is 4.74 Å². The summed E-state index contributed by atoms with van der Waals surface area (Å²) in [5, 5.41) is 0. The Bertz CT molecular complexity index is 791. The summed E-state index contributed by atoms with van der Waals surface area (Å²) in [6.45, 7) is 0.925. The van der Waals surface area contributed by atoms with Crippen molar-refractivity contribution in [3.63, 3.8) is 0 Å². The summed E-state index contributed by atoms with van der Waals surface area (Å²) < 4.78 is 18.3. The molecule has 0 aliphatic heterocycles. The number of halogens is 1. The topological polar surface area (TPSA) is 35.0 Å². The first-order chi connectivity index (χ1) is 15.7. The van der Waals surface area contributed by atoms with E-state index in [1.807, 2.05) is 19.5 Å². The molecule has 32 heavy (non-hydrogen) atoms. The lowest BCUT2D eigenvalue weighted by molar-refractivity contribution is 0.133. The van der Waals surface area contributed by atoms with E-state index in [0.29, 0.717) is 5.82 Å². The van der Waals surface area contributed by atoms with Gasteiger partial charge in [0.2, 0.25) is 0 Å². The maximum Gasteiger partial charge on any atom is 0.159 e. The fourth-order valence-electron chi connectivity index (χ4n) is 6.02. The first-order valence-electron chi connectivity index (χ1n) is 12.8. The third-order valence-electron chi connectivity index (χ3n) is 8.06. The van der Waals surface area contributed by atoms with Gasteiger partial charge in [0.15, 0.2) is 5.82 Å². The van der Waals surface area contributed by atoms with Gasteiger partial charge in [-0.1, -0.05) is 25.7 Å². The average molecular weight is 439 g/mol. The summed E-state index contributed by atoms with van der Waals surface area (Å²) >= 11 is 0. The largest absolute Gasteiger partial charge is 0.385 e. The molecule has 4 rings (SSSR count). The number of hydrogen-bond donors (Lipinski definition) is 0. The van der Waals surface area contributed by atoms with Gasteiger partial charge in [-0.15, -0.1) is 0 Å². The van der Waals surface area contributed by atoms with Gasteiger partial charge in [-0.05, 0) is 105 Å². The van der Waals surface area contributed by atoms with E-state index in [1.54, 1.807) is 12.1 Å². The van der Waals surface area contributed by atoms with Crippen molar-refractivity contribution in [3.05, 3.63) is 48.0 Å². The molecular weight excluding hydrogens is 399 g/mol. The van der Waals surface area contributed by atoms with Crippen molar-refractivity contribution in [2.45, 2.75) is 77.0 Å². The van der Waals surface area contributed by atoms with Crippen LogP contribution in [0.5, 0.6) is 0 Å². The third kappa shape index (κ3) is 6.60. The van der Waals surface area contributed by atoms with Crippen LogP contribution in [0, 0.1) is 29.5 Å². The molecule has 2 saturated carbocycles. The van der Waals surface area contributed by atoms with Crippen LogP contribution in [0.4, 0.5) is 4.39 Å². The Hall–Kier alpha value is -1.81. The van der Waals surface area contributed by atoms with Gasteiger partial charge in [0.25, 0.3) is 0 Å². The van der Waals surface area contributed by atoms with Crippen molar-refractivity contribution in [2.75, 3.05) is 13.7 Å². The summed E-state index contributed by atoms with van der Waals surface area (Å²) in [4.78, 5) is 9.01. The first-order valence-corrected chi connectivity index (χ1v) is 12.8. The number of aryl methyl sites for hydroxylation is 1. The molecule has 2 aliphatic rings. The number of ether oxygens (including phenoxy) is 1. The van der Waals surface area contributed by atoms with E-state index < -0.39 is 0 Å². The standard InChI is InChI=1S/C28H39FN2O/c1-32-18-2-3-21-6-10-24(11-7-21)25-12-8-22(9-13-25)4-5-23-19-30-28(31-20-23)26-14-16-27(29)17-15-26/h14-17,19-22,24-25H,2-13,18H2,1H3/t21-,22?,24-,25?. The Morgan fingerprint density at radius 2 is 1.38 bits per heavy atom. The molecule has 4 heteroatoms.